The Balaban J connectivity index is 1.96. The van der Waals surface area contributed by atoms with E-state index in [-0.39, 0.29) is 11.3 Å². The molecule has 0 radical (unpaired) electrons. The Hall–Kier alpha value is -2.39. The largest absolute Gasteiger partial charge is 0.496 e. The fourth-order valence-electron chi connectivity index (χ4n) is 3.07. The van der Waals surface area contributed by atoms with Gasteiger partial charge in [-0.05, 0) is 42.7 Å². The maximum Gasteiger partial charge on any atom is 0.416 e. The third-order valence-electron chi connectivity index (χ3n) is 4.58. The van der Waals surface area contributed by atoms with E-state index in [9.17, 15) is 18.0 Å². The molecule has 1 N–H and O–H groups in total. The van der Waals surface area contributed by atoms with Gasteiger partial charge in [-0.3, -0.25) is 4.79 Å². The summed E-state index contributed by atoms with van der Waals surface area (Å²) in [5.74, 6) is -0.183. The second kappa shape index (κ2) is 8.96. The quantitative estimate of drug-likeness (QED) is 0.713. The van der Waals surface area contributed by atoms with Crippen LogP contribution in [0.25, 0.3) is 0 Å². The zero-order valence-corrected chi connectivity index (χ0v) is 16.8. The van der Waals surface area contributed by atoms with Crippen LogP contribution in [-0.4, -0.2) is 45.6 Å². The number of benzene rings is 2. The standard InChI is InChI=1S/C20H21F3N2O3S/c1-27-18-12-14(29-2)4-5-15(18)19(26)24-16-11-13(20(21,22)23)3-6-17(16)25-7-9-28-10-8-25/h3-6,11-12H,7-10H2,1-2H3,(H,24,26). The Morgan fingerprint density at radius 3 is 2.52 bits per heavy atom. The highest BCUT2D eigenvalue weighted by molar-refractivity contribution is 7.98. The summed E-state index contributed by atoms with van der Waals surface area (Å²) in [5.41, 5.74) is 0.0437. The molecule has 0 saturated carbocycles. The minimum atomic E-state index is -4.51. The van der Waals surface area contributed by atoms with Crippen molar-refractivity contribution in [1.82, 2.24) is 0 Å². The van der Waals surface area contributed by atoms with E-state index < -0.39 is 17.6 Å². The van der Waals surface area contributed by atoms with Crippen LogP contribution in [0.5, 0.6) is 5.75 Å². The Morgan fingerprint density at radius 1 is 1.17 bits per heavy atom. The second-order valence-corrected chi connectivity index (χ2v) is 7.23. The third-order valence-corrected chi connectivity index (χ3v) is 5.30. The van der Waals surface area contributed by atoms with Crippen LogP contribution in [-0.2, 0) is 10.9 Å². The van der Waals surface area contributed by atoms with Gasteiger partial charge in [-0.15, -0.1) is 11.8 Å². The average Bonchev–Trinajstić information content (AvgIpc) is 2.73. The molecular formula is C20H21F3N2O3S. The molecule has 3 rings (SSSR count). The first-order chi connectivity index (χ1) is 13.8. The fraction of sp³-hybridized carbons (Fsp3) is 0.350. The molecule has 0 spiro atoms. The normalized spacial score (nSPS) is 14.6. The van der Waals surface area contributed by atoms with Crippen molar-refractivity contribution in [3.63, 3.8) is 0 Å². The zero-order chi connectivity index (χ0) is 21.0. The number of amides is 1. The maximum atomic E-state index is 13.2. The van der Waals surface area contributed by atoms with Crippen LogP contribution >= 0.6 is 11.8 Å². The number of carbonyl (C=O) groups is 1. The number of thioether (sulfide) groups is 1. The number of ether oxygens (including phenoxy) is 2. The zero-order valence-electron chi connectivity index (χ0n) is 16.0. The topological polar surface area (TPSA) is 50.8 Å². The van der Waals surface area contributed by atoms with Crippen LogP contribution in [0.1, 0.15) is 15.9 Å². The summed E-state index contributed by atoms with van der Waals surface area (Å²) in [5, 5.41) is 2.64. The molecule has 0 atom stereocenters. The molecule has 1 amide bonds. The van der Waals surface area contributed by atoms with Gasteiger partial charge in [0.15, 0.2) is 0 Å². The summed E-state index contributed by atoms with van der Waals surface area (Å²) < 4.78 is 50.3. The Morgan fingerprint density at radius 2 is 1.90 bits per heavy atom. The van der Waals surface area contributed by atoms with E-state index in [2.05, 4.69) is 5.32 Å². The van der Waals surface area contributed by atoms with Gasteiger partial charge in [0, 0.05) is 18.0 Å². The summed E-state index contributed by atoms with van der Waals surface area (Å²) >= 11 is 1.49. The lowest BCUT2D eigenvalue weighted by atomic mass is 10.1. The SMILES string of the molecule is COc1cc(SC)ccc1C(=O)Nc1cc(C(F)(F)F)ccc1N1CCOCC1. The van der Waals surface area contributed by atoms with Crippen molar-refractivity contribution >= 4 is 29.0 Å². The van der Waals surface area contributed by atoms with Crippen LogP contribution in [0.3, 0.4) is 0 Å². The van der Waals surface area contributed by atoms with E-state index in [1.54, 1.807) is 18.2 Å². The number of nitrogens with zero attached hydrogens (tertiary/aromatic N) is 1. The summed E-state index contributed by atoms with van der Waals surface area (Å²) in [4.78, 5) is 15.7. The molecule has 1 saturated heterocycles. The van der Waals surface area contributed by atoms with Gasteiger partial charge in [0.25, 0.3) is 5.91 Å². The fourth-order valence-corrected chi connectivity index (χ4v) is 3.50. The van der Waals surface area contributed by atoms with Crippen molar-refractivity contribution < 1.29 is 27.4 Å². The van der Waals surface area contributed by atoms with Gasteiger partial charge in [-0.1, -0.05) is 0 Å². The molecule has 0 bridgehead atoms. The van der Waals surface area contributed by atoms with Crippen LogP contribution in [0.15, 0.2) is 41.3 Å². The lowest BCUT2D eigenvalue weighted by Crippen LogP contribution is -2.36. The number of nitrogens with one attached hydrogen (secondary N) is 1. The number of alkyl halides is 3. The van der Waals surface area contributed by atoms with Crippen molar-refractivity contribution in [2.24, 2.45) is 0 Å². The molecule has 156 valence electrons. The minimum Gasteiger partial charge on any atom is -0.496 e. The van der Waals surface area contributed by atoms with Crippen LogP contribution < -0.4 is 15.0 Å². The van der Waals surface area contributed by atoms with Crippen molar-refractivity contribution in [3.8, 4) is 5.75 Å². The van der Waals surface area contributed by atoms with E-state index in [1.165, 1.54) is 24.9 Å². The summed E-state index contributed by atoms with van der Waals surface area (Å²) in [7, 11) is 1.44. The molecule has 1 heterocycles. The summed E-state index contributed by atoms with van der Waals surface area (Å²) in [6.45, 7) is 2.00. The van der Waals surface area contributed by atoms with Crippen molar-refractivity contribution in [1.29, 1.82) is 0 Å². The van der Waals surface area contributed by atoms with Crippen molar-refractivity contribution in [2.45, 2.75) is 11.1 Å². The van der Waals surface area contributed by atoms with Gasteiger partial charge >= 0.3 is 6.18 Å². The molecule has 0 unspecified atom stereocenters. The monoisotopic (exact) mass is 426 g/mol. The first-order valence-corrected chi connectivity index (χ1v) is 10.1. The molecule has 2 aromatic rings. The van der Waals surface area contributed by atoms with Gasteiger partial charge in [0.05, 0.1) is 42.8 Å². The minimum absolute atomic E-state index is 0.0997. The molecule has 9 heteroatoms. The van der Waals surface area contributed by atoms with E-state index in [0.717, 1.165) is 17.0 Å². The van der Waals surface area contributed by atoms with E-state index in [1.807, 2.05) is 11.2 Å². The van der Waals surface area contributed by atoms with Gasteiger partial charge < -0.3 is 19.7 Å². The summed E-state index contributed by atoms with van der Waals surface area (Å²) in [6.07, 6.45) is -2.62. The molecule has 0 aromatic heterocycles. The molecule has 0 aliphatic carbocycles. The third kappa shape index (κ3) is 4.97. The number of halogens is 3. The molecule has 5 nitrogen and oxygen atoms in total. The highest BCUT2D eigenvalue weighted by Gasteiger charge is 2.32. The number of anilines is 2. The smallest absolute Gasteiger partial charge is 0.416 e. The summed E-state index contributed by atoms with van der Waals surface area (Å²) in [6, 6.07) is 8.45. The van der Waals surface area contributed by atoms with Crippen LogP contribution in [0.2, 0.25) is 0 Å². The van der Waals surface area contributed by atoms with Gasteiger partial charge in [0.1, 0.15) is 5.75 Å². The predicted molar refractivity (Wildman–Crippen MR) is 107 cm³/mol. The predicted octanol–water partition coefficient (Wildman–Crippen LogP) is 4.52. The van der Waals surface area contributed by atoms with Gasteiger partial charge in [-0.2, -0.15) is 13.2 Å². The van der Waals surface area contributed by atoms with E-state index >= 15 is 0 Å². The molecule has 1 fully saturated rings. The second-order valence-electron chi connectivity index (χ2n) is 6.35. The first kappa shape index (κ1) is 21.3. The van der Waals surface area contributed by atoms with Crippen LogP contribution in [0.4, 0.5) is 24.5 Å². The maximum absolute atomic E-state index is 13.2. The number of rotatable bonds is 5. The highest BCUT2D eigenvalue weighted by atomic mass is 32.2. The Kier molecular flexibility index (Phi) is 6.59. The van der Waals surface area contributed by atoms with Gasteiger partial charge in [-0.25, -0.2) is 0 Å². The molecular weight excluding hydrogens is 405 g/mol. The molecule has 2 aromatic carbocycles. The number of methoxy groups -OCH3 is 1. The molecule has 1 aliphatic rings. The molecule has 29 heavy (non-hydrogen) atoms. The van der Waals surface area contributed by atoms with Crippen LogP contribution in [0, 0.1) is 0 Å². The lowest BCUT2D eigenvalue weighted by molar-refractivity contribution is -0.137. The lowest BCUT2D eigenvalue weighted by Gasteiger charge is -2.31. The van der Waals surface area contributed by atoms with Crippen molar-refractivity contribution in [2.75, 3.05) is 49.9 Å². The number of morpholine rings is 1. The van der Waals surface area contributed by atoms with E-state index in [0.29, 0.717) is 37.7 Å². The Labute approximate surface area is 171 Å². The number of carbonyl (C=O) groups excluding carboxylic acids is 1. The Bertz CT molecular complexity index is 884. The number of hydrogen-bond acceptors (Lipinski definition) is 5. The van der Waals surface area contributed by atoms with Crippen molar-refractivity contribution in [3.05, 3.63) is 47.5 Å². The molecule has 1 aliphatic heterocycles. The first-order valence-electron chi connectivity index (χ1n) is 8.91. The van der Waals surface area contributed by atoms with E-state index in [4.69, 9.17) is 9.47 Å². The average molecular weight is 426 g/mol. The number of hydrogen-bond donors (Lipinski definition) is 1. The highest BCUT2D eigenvalue weighted by Crippen LogP contribution is 2.36. The van der Waals surface area contributed by atoms with Gasteiger partial charge in [0.2, 0.25) is 0 Å².